The topological polar surface area (TPSA) is 58.8 Å². The number of rotatable bonds is 6. The van der Waals surface area contributed by atoms with Crippen molar-refractivity contribution in [2.45, 2.75) is 10.8 Å². The summed E-state index contributed by atoms with van der Waals surface area (Å²) in [6.45, 7) is 0. The number of pyridine rings is 2. The highest BCUT2D eigenvalue weighted by molar-refractivity contribution is 7.98. The second-order valence-electron chi connectivity index (χ2n) is 6.16. The van der Waals surface area contributed by atoms with E-state index in [1.165, 1.54) is 11.8 Å². The van der Waals surface area contributed by atoms with Gasteiger partial charge in [-0.15, -0.1) is 11.3 Å². The van der Waals surface area contributed by atoms with Gasteiger partial charge >= 0.3 is 0 Å². The number of hydrogen-bond donors (Lipinski definition) is 0. The van der Waals surface area contributed by atoms with Gasteiger partial charge in [-0.3, -0.25) is 4.98 Å². The van der Waals surface area contributed by atoms with Crippen LogP contribution in [-0.2, 0) is 5.75 Å². The van der Waals surface area contributed by atoms with Crippen molar-refractivity contribution in [3.8, 4) is 33.5 Å². The fourth-order valence-corrected chi connectivity index (χ4v) is 4.51. The van der Waals surface area contributed by atoms with Crippen molar-refractivity contribution in [2.75, 3.05) is 7.11 Å². The van der Waals surface area contributed by atoms with E-state index in [1.807, 2.05) is 66.0 Å². The maximum Gasteiger partial charge on any atom is 0.118 e. The molecule has 0 amide bonds. The largest absolute Gasteiger partial charge is 0.497 e. The van der Waals surface area contributed by atoms with Crippen molar-refractivity contribution in [2.24, 2.45) is 0 Å². The number of nitrogens with zero attached hydrogens (tertiary/aromatic N) is 3. The van der Waals surface area contributed by atoms with Crippen LogP contribution in [0.4, 0.5) is 0 Å². The summed E-state index contributed by atoms with van der Waals surface area (Å²) < 4.78 is 5.27. The third-order valence-electron chi connectivity index (χ3n) is 4.36. The molecule has 4 rings (SSSR count). The van der Waals surface area contributed by atoms with E-state index in [1.54, 1.807) is 24.6 Å². The van der Waals surface area contributed by atoms with Gasteiger partial charge in [-0.25, -0.2) is 4.98 Å². The van der Waals surface area contributed by atoms with Crippen LogP contribution in [0.25, 0.3) is 21.7 Å². The Hall–Kier alpha value is -3.14. The first-order valence-electron chi connectivity index (χ1n) is 8.94. The summed E-state index contributed by atoms with van der Waals surface area (Å²) in [7, 11) is 1.64. The Morgan fingerprint density at radius 3 is 2.62 bits per heavy atom. The Bertz CT molecular complexity index is 1140. The SMILES string of the molecule is COc1ccc(-c2cc(-c3cccs3)nc(SCc3ccccn3)c2C#N)cc1. The van der Waals surface area contributed by atoms with Crippen molar-refractivity contribution in [1.82, 2.24) is 9.97 Å². The first-order valence-corrected chi connectivity index (χ1v) is 10.8. The maximum atomic E-state index is 9.94. The average Bonchev–Trinajstić information content (AvgIpc) is 3.33. The summed E-state index contributed by atoms with van der Waals surface area (Å²) in [6, 6.07) is 22.0. The van der Waals surface area contributed by atoms with Crippen molar-refractivity contribution in [3.05, 3.63) is 83.5 Å². The van der Waals surface area contributed by atoms with Crippen LogP contribution in [0, 0.1) is 11.3 Å². The molecule has 1 aromatic carbocycles. The Morgan fingerprint density at radius 2 is 1.97 bits per heavy atom. The van der Waals surface area contributed by atoms with E-state index in [4.69, 9.17) is 9.72 Å². The van der Waals surface area contributed by atoms with E-state index in [2.05, 4.69) is 11.1 Å². The summed E-state index contributed by atoms with van der Waals surface area (Å²) in [6.07, 6.45) is 1.78. The molecule has 6 heteroatoms. The summed E-state index contributed by atoms with van der Waals surface area (Å²) >= 11 is 3.17. The molecule has 0 aliphatic rings. The van der Waals surface area contributed by atoms with Gasteiger partial charge in [-0.2, -0.15) is 5.26 Å². The molecule has 0 N–H and O–H groups in total. The molecule has 0 aliphatic heterocycles. The number of thioether (sulfide) groups is 1. The van der Waals surface area contributed by atoms with Gasteiger partial charge in [0.15, 0.2) is 0 Å². The molecule has 29 heavy (non-hydrogen) atoms. The van der Waals surface area contributed by atoms with Crippen LogP contribution in [-0.4, -0.2) is 17.1 Å². The number of ether oxygens (including phenoxy) is 1. The van der Waals surface area contributed by atoms with Crippen LogP contribution < -0.4 is 4.74 Å². The number of aromatic nitrogens is 2. The second kappa shape index (κ2) is 8.91. The Labute approximate surface area is 177 Å². The lowest BCUT2D eigenvalue weighted by molar-refractivity contribution is 0.415. The summed E-state index contributed by atoms with van der Waals surface area (Å²) in [5.41, 5.74) is 4.24. The minimum Gasteiger partial charge on any atom is -0.497 e. The lowest BCUT2D eigenvalue weighted by Crippen LogP contribution is -1.96. The third-order valence-corrected chi connectivity index (χ3v) is 6.26. The lowest BCUT2D eigenvalue weighted by Gasteiger charge is -2.12. The minimum absolute atomic E-state index is 0.580. The van der Waals surface area contributed by atoms with Gasteiger partial charge in [-0.05, 0) is 47.3 Å². The molecule has 0 bridgehead atoms. The molecule has 4 nitrogen and oxygen atoms in total. The minimum atomic E-state index is 0.580. The van der Waals surface area contributed by atoms with Gasteiger partial charge in [0.1, 0.15) is 16.8 Å². The molecule has 0 unspecified atom stereocenters. The standard InChI is InChI=1S/C23H17N3OS2/c1-27-18-9-7-16(8-10-18)19-13-21(22-6-4-12-28-22)26-23(20(19)14-24)29-15-17-5-2-3-11-25-17/h2-13H,15H2,1H3. The van der Waals surface area contributed by atoms with Crippen LogP contribution in [0.5, 0.6) is 5.75 Å². The quantitative estimate of drug-likeness (QED) is 0.359. The predicted octanol–water partition coefficient (Wildman–Crippen LogP) is 6.04. The highest BCUT2D eigenvalue weighted by Gasteiger charge is 2.16. The van der Waals surface area contributed by atoms with Crippen LogP contribution in [0.2, 0.25) is 0 Å². The molecule has 142 valence electrons. The molecule has 0 saturated carbocycles. The summed E-state index contributed by atoms with van der Waals surface area (Å²) in [5, 5.41) is 12.7. The molecular formula is C23H17N3OS2. The van der Waals surface area contributed by atoms with Crippen LogP contribution in [0.15, 0.2) is 77.3 Å². The molecular weight excluding hydrogens is 398 g/mol. The smallest absolute Gasteiger partial charge is 0.118 e. The Kier molecular flexibility index (Phi) is 5.89. The monoisotopic (exact) mass is 415 g/mol. The zero-order valence-electron chi connectivity index (χ0n) is 15.7. The van der Waals surface area contributed by atoms with E-state index >= 15 is 0 Å². The fraction of sp³-hybridized carbons (Fsp3) is 0.0870. The van der Waals surface area contributed by atoms with Crippen molar-refractivity contribution < 1.29 is 4.74 Å². The molecule has 3 heterocycles. The molecule has 3 aromatic heterocycles. The first-order chi connectivity index (χ1) is 14.3. The van der Waals surface area contributed by atoms with Gasteiger partial charge in [0.05, 0.1) is 28.9 Å². The molecule has 0 aliphatic carbocycles. The lowest BCUT2D eigenvalue weighted by atomic mass is 10.0. The van der Waals surface area contributed by atoms with Crippen LogP contribution in [0.3, 0.4) is 0 Å². The molecule has 0 fully saturated rings. The average molecular weight is 416 g/mol. The number of nitriles is 1. The zero-order chi connectivity index (χ0) is 20.1. The Balaban J connectivity index is 1.80. The summed E-state index contributed by atoms with van der Waals surface area (Å²) in [4.78, 5) is 10.3. The van der Waals surface area contributed by atoms with Gasteiger partial charge in [0.2, 0.25) is 0 Å². The van der Waals surface area contributed by atoms with E-state index < -0.39 is 0 Å². The van der Waals surface area contributed by atoms with Crippen molar-refractivity contribution in [1.29, 1.82) is 5.26 Å². The van der Waals surface area contributed by atoms with Crippen molar-refractivity contribution >= 4 is 23.1 Å². The highest BCUT2D eigenvalue weighted by atomic mass is 32.2. The molecule has 0 radical (unpaired) electrons. The normalized spacial score (nSPS) is 10.5. The number of benzene rings is 1. The number of thiophene rings is 1. The van der Waals surface area contributed by atoms with Gasteiger partial charge in [0, 0.05) is 17.5 Å². The van der Waals surface area contributed by atoms with Gasteiger partial charge in [-0.1, -0.05) is 36.0 Å². The van der Waals surface area contributed by atoms with E-state index in [0.29, 0.717) is 11.3 Å². The first kappa shape index (κ1) is 19.2. The van der Waals surface area contributed by atoms with Gasteiger partial charge in [0.25, 0.3) is 0 Å². The summed E-state index contributed by atoms with van der Waals surface area (Å²) in [5.74, 6) is 1.43. The van der Waals surface area contributed by atoms with Crippen molar-refractivity contribution in [3.63, 3.8) is 0 Å². The van der Waals surface area contributed by atoms with E-state index in [9.17, 15) is 5.26 Å². The van der Waals surface area contributed by atoms with Crippen LogP contribution >= 0.6 is 23.1 Å². The zero-order valence-corrected chi connectivity index (χ0v) is 17.3. The molecule has 4 aromatic rings. The van der Waals surface area contributed by atoms with E-state index in [-0.39, 0.29) is 0 Å². The van der Waals surface area contributed by atoms with Gasteiger partial charge < -0.3 is 4.74 Å². The second-order valence-corrected chi connectivity index (χ2v) is 8.07. The number of hydrogen-bond acceptors (Lipinski definition) is 6. The molecule has 0 atom stereocenters. The molecule has 0 saturated heterocycles. The predicted molar refractivity (Wildman–Crippen MR) is 118 cm³/mol. The molecule has 0 spiro atoms. The van der Waals surface area contributed by atoms with E-state index in [0.717, 1.165) is 38.2 Å². The number of methoxy groups -OCH3 is 1. The Morgan fingerprint density at radius 1 is 1.10 bits per heavy atom. The van der Waals surface area contributed by atoms with Crippen LogP contribution in [0.1, 0.15) is 11.3 Å². The third kappa shape index (κ3) is 4.32. The highest BCUT2D eigenvalue weighted by Crippen LogP contribution is 2.36. The maximum absolute atomic E-state index is 9.94. The fourth-order valence-electron chi connectivity index (χ4n) is 2.91.